The summed E-state index contributed by atoms with van der Waals surface area (Å²) in [6, 6.07) is 13.9. The van der Waals surface area contributed by atoms with Gasteiger partial charge in [-0.25, -0.2) is 4.39 Å². The van der Waals surface area contributed by atoms with Crippen LogP contribution in [0, 0.1) is 5.82 Å². The SMILES string of the molecule is NC[C@@H]1Cc2cc(F)cc(-c3cccc4c(C(N)=O)cccc34)c2O1. The molecule has 126 valence electrons. The molecule has 1 aliphatic rings. The number of carbonyl (C=O) groups is 1. The summed E-state index contributed by atoms with van der Waals surface area (Å²) in [6.07, 6.45) is 0.445. The lowest BCUT2D eigenvalue weighted by atomic mass is 9.93. The van der Waals surface area contributed by atoms with Crippen molar-refractivity contribution in [3.63, 3.8) is 0 Å². The fraction of sp³-hybridized carbons (Fsp3) is 0.150. The van der Waals surface area contributed by atoms with Gasteiger partial charge >= 0.3 is 0 Å². The summed E-state index contributed by atoms with van der Waals surface area (Å²) in [5.74, 6) is -0.154. The average Bonchev–Trinajstić information content (AvgIpc) is 3.02. The summed E-state index contributed by atoms with van der Waals surface area (Å²) in [4.78, 5) is 11.7. The molecule has 0 spiro atoms. The predicted octanol–water partition coefficient (Wildman–Crippen LogP) is 3.01. The number of fused-ring (bicyclic) bond motifs is 2. The van der Waals surface area contributed by atoms with Crippen LogP contribution in [0.5, 0.6) is 5.75 Å². The maximum Gasteiger partial charge on any atom is 0.249 e. The Morgan fingerprint density at radius 3 is 2.64 bits per heavy atom. The Morgan fingerprint density at radius 1 is 1.12 bits per heavy atom. The summed E-state index contributed by atoms with van der Waals surface area (Å²) in [6.45, 7) is 0.372. The van der Waals surface area contributed by atoms with Gasteiger partial charge in [0.25, 0.3) is 0 Å². The van der Waals surface area contributed by atoms with Gasteiger partial charge in [0.15, 0.2) is 0 Å². The van der Waals surface area contributed by atoms with Crippen LogP contribution in [-0.2, 0) is 6.42 Å². The van der Waals surface area contributed by atoms with Gasteiger partial charge in [-0.05, 0) is 34.5 Å². The van der Waals surface area contributed by atoms with Crippen molar-refractivity contribution < 1.29 is 13.9 Å². The first-order valence-electron chi connectivity index (χ1n) is 8.09. The van der Waals surface area contributed by atoms with Crippen molar-refractivity contribution in [1.29, 1.82) is 0 Å². The van der Waals surface area contributed by atoms with Crippen LogP contribution >= 0.6 is 0 Å². The standard InChI is InChI=1S/C20H17FN2O2/c21-12-7-11-8-13(10-22)25-19(11)18(9-12)16-5-1-4-15-14(16)3-2-6-17(15)20(23)24/h1-7,9,13H,8,10,22H2,(H2,23,24)/t13-/m0/s1. The Bertz CT molecular complexity index is 1000. The fourth-order valence-corrected chi connectivity index (χ4v) is 3.49. The molecule has 4 nitrogen and oxygen atoms in total. The molecule has 1 aliphatic heterocycles. The zero-order valence-corrected chi connectivity index (χ0v) is 13.5. The van der Waals surface area contributed by atoms with E-state index in [1.165, 1.54) is 12.1 Å². The van der Waals surface area contributed by atoms with Crippen LogP contribution < -0.4 is 16.2 Å². The monoisotopic (exact) mass is 336 g/mol. The van der Waals surface area contributed by atoms with E-state index in [0.717, 1.165) is 21.9 Å². The number of primary amides is 1. The first-order valence-corrected chi connectivity index (χ1v) is 8.09. The second-order valence-corrected chi connectivity index (χ2v) is 6.19. The quantitative estimate of drug-likeness (QED) is 0.772. The lowest BCUT2D eigenvalue weighted by Crippen LogP contribution is -2.24. The number of rotatable bonds is 3. The van der Waals surface area contributed by atoms with Gasteiger partial charge in [-0.3, -0.25) is 4.79 Å². The lowest BCUT2D eigenvalue weighted by Gasteiger charge is -2.14. The summed E-state index contributed by atoms with van der Waals surface area (Å²) in [5.41, 5.74) is 13.9. The van der Waals surface area contributed by atoms with Gasteiger partial charge in [0, 0.05) is 29.7 Å². The minimum atomic E-state index is -0.494. The summed E-state index contributed by atoms with van der Waals surface area (Å²) >= 11 is 0. The third-order valence-electron chi connectivity index (χ3n) is 4.60. The molecule has 1 amide bonds. The molecule has 4 N–H and O–H groups in total. The molecule has 0 fully saturated rings. The van der Waals surface area contributed by atoms with Crippen molar-refractivity contribution in [3.8, 4) is 16.9 Å². The first kappa shape index (κ1) is 15.6. The van der Waals surface area contributed by atoms with E-state index in [1.807, 2.05) is 24.3 Å². The third kappa shape index (κ3) is 2.53. The second kappa shape index (κ2) is 5.86. The van der Waals surface area contributed by atoms with E-state index in [2.05, 4.69) is 0 Å². The summed E-state index contributed by atoms with van der Waals surface area (Å²) < 4.78 is 20.1. The van der Waals surface area contributed by atoms with Crippen LogP contribution in [-0.4, -0.2) is 18.6 Å². The molecule has 3 aromatic rings. The van der Waals surface area contributed by atoms with Crippen LogP contribution in [0.1, 0.15) is 15.9 Å². The minimum Gasteiger partial charge on any atom is -0.488 e. The zero-order chi connectivity index (χ0) is 17.6. The van der Waals surface area contributed by atoms with E-state index in [1.54, 1.807) is 12.1 Å². The van der Waals surface area contributed by atoms with E-state index in [9.17, 15) is 9.18 Å². The smallest absolute Gasteiger partial charge is 0.249 e. The lowest BCUT2D eigenvalue weighted by molar-refractivity contribution is 0.100. The van der Waals surface area contributed by atoms with Gasteiger partial charge in [-0.15, -0.1) is 0 Å². The maximum absolute atomic E-state index is 14.2. The molecule has 0 aliphatic carbocycles. The van der Waals surface area contributed by atoms with Crippen molar-refractivity contribution in [3.05, 3.63) is 65.5 Å². The summed E-state index contributed by atoms with van der Waals surface area (Å²) in [7, 11) is 0. The molecule has 4 rings (SSSR count). The molecular formula is C20H17FN2O2. The summed E-state index contributed by atoms with van der Waals surface area (Å²) in [5, 5.41) is 1.56. The highest BCUT2D eigenvalue weighted by Crippen LogP contribution is 2.42. The highest BCUT2D eigenvalue weighted by molar-refractivity contribution is 6.10. The molecule has 0 unspecified atom stereocenters. The van der Waals surface area contributed by atoms with E-state index in [0.29, 0.717) is 29.8 Å². The molecule has 25 heavy (non-hydrogen) atoms. The molecule has 0 aromatic heterocycles. The number of nitrogens with two attached hydrogens (primary N) is 2. The normalized spacial score (nSPS) is 15.8. The number of amides is 1. The van der Waals surface area contributed by atoms with Gasteiger partial charge in [0.05, 0.1) is 0 Å². The van der Waals surface area contributed by atoms with E-state index < -0.39 is 5.91 Å². The molecule has 0 saturated carbocycles. The topological polar surface area (TPSA) is 78.3 Å². The maximum atomic E-state index is 14.2. The zero-order valence-electron chi connectivity index (χ0n) is 13.5. The Balaban J connectivity index is 1.99. The molecular weight excluding hydrogens is 319 g/mol. The number of benzene rings is 3. The molecule has 1 atom stereocenters. The van der Waals surface area contributed by atoms with Gasteiger partial charge in [0.2, 0.25) is 5.91 Å². The molecule has 0 saturated heterocycles. The number of hydrogen-bond acceptors (Lipinski definition) is 3. The van der Waals surface area contributed by atoms with E-state index in [4.69, 9.17) is 16.2 Å². The van der Waals surface area contributed by atoms with Crippen molar-refractivity contribution in [1.82, 2.24) is 0 Å². The van der Waals surface area contributed by atoms with E-state index in [-0.39, 0.29) is 11.9 Å². The highest BCUT2D eigenvalue weighted by Gasteiger charge is 2.26. The van der Waals surface area contributed by atoms with Crippen molar-refractivity contribution in [2.24, 2.45) is 11.5 Å². The Hall–Kier alpha value is -2.92. The Kier molecular flexibility index (Phi) is 3.66. The van der Waals surface area contributed by atoms with Crippen molar-refractivity contribution in [2.45, 2.75) is 12.5 Å². The molecule has 0 bridgehead atoms. The predicted molar refractivity (Wildman–Crippen MR) is 95.0 cm³/mol. The number of halogens is 1. The van der Waals surface area contributed by atoms with Gasteiger partial charge in [0.1, 0.15) is 17.7 Å². The number of ether oxygens (including phenoxy) is 1. The van der Waals surface area contributed by atoms with Gasteiger partial charge in [-0.1, -0.05) is 30.3 Å². The van der Waals surface area contributed by atoms with Crippen molar-refractivity contribution in [2.75, 3.05) is 6.54 Å². The van der Waals surface area contributed by atoms with Crippen LogP contribution in [0.25, 0.3) is 21.9 Å². The van der Waals surface area contributed by atoms with Gasteiger partial charge in [-0.2, -0.15) is 0 Å². The second-order valence-electron chi connectivity index (χ2n) is 6.19. The largest absolute Gasteiger partial charge is 0.488 e. The number of hydrogen-bond donors (Lipinski definition) is 2. The molecule has 3 aromatic carbocycles. The Morgan fingerprint density at radius 2 is 1.88 bits per heavy atom. The molecule has 0 radical (unpaired) electrons. The van der Waals surface area contributed by atoms with Crippen molar-refractivity contribution >= 4 is 16.7 Å². The van der Waals surface area contributed by atoms with E-state index >= 15 is 0 Å². The fourth-order valence-electron chi connectivity index (χ4n) is 3.49. The van der Waals surface area contributed by atoms with Crippen LogP contribution in [0.15, 0.2) is 48.5 Å². The molecule has 5 heteroatoms. The third-order valence-corrected chi connectivity index (χ3v) is 4.60. The highest BCUT2D eigenvalue weighted by atomic mass is 19.1. The number of carbonyl (C=O) groups excluding carboxylic acids is 1. The van der Waals surface area contributed by atoms with Crippen LogP contribution in [0.4, 0.5) is 4.39 Å². The Labute approximate surface area is 144 Å². The van der Waals surface area contributed by atoms with Crippen LogP contribution in [0.3, 0.4) is 0 Å². The average molecular weight is 336 g/mol. The molecule has 1 heterocycles. The van der Waals surface area contributed by atoms with Gasteiger partial charge < -0.3 is 16.2 Å². The van der Waals surface area contributed by atoms with Crippen LogP contribution in [0.2, 0.25) is 0 Å². The first-order chi connectivity index (χ1) is 12.1. The minimum absolute atomic E-state index is 0.147.